The van der Waals surface area contributed by atoms with Crippen molar-refractivity contribution in [3.8, 4) is 0 Å². The van der Waals surface area contributed by atoms with Crippen molar-refractivity contribution in [1.82, 2.24) is 15.0 Å². The molecule has 2 aromatic rings. The predicted octanol–water partition coefficient (Wildman–Crippen LogP) is 2.17. The number of rotatable bonds is 5. The molecule has 0 bridgehead atoms. The summed E-state index contributed by atoms with van der Waals surface area (Å²) in [6, 6.07) is 6.16. The monoisotopic (exact) mass is 343 g/mol. The van der Waals surface area contributed by atoms with E-state index in [1.54, 1.807) is 6.07 Å². The van der Waals surface area contributed by atoms with Gasteiger partial charge in [0.05, 0.1) is 24.0 Å². The van der Waals surface area contributed by atoms with Crippen LogP contribution in [0.2, 0.25) is 0 Å². The Morgan fingerprint density at radius 1 is 1.32 bits per heavy atom. The molecule has 0 saturated carbocycles. The summed E-state index contributed by atoms with van der Waals surface area (Å²) >= 11 is 0. The van der Waals surface area contributed by atoms with Gasteiger partial charge in [-0.2, -0.15) is 0 Å². The first-order chi connectivity index (χ1) is 12.1. The Kier molecular flexibility index (Phi) is 5.53. The molecule has 3 rings (SSSR count). The van der Waals surface area contributed by atoms with Crippen LogP contribution in [0.5, 0.6) is 0 Å². The highest BCUT2D eigenvalue weighted by atomic mass is 16.5. The standard InChI is InChI=1S/C18H25N5O2/c1-22(2)17-6-5-16(13-19-17)20-14-4-3-9-23(10-7-14)18(24)12-15-8-11-25-21-15/h5-6,8,11,13-14,20H,3-4,7,9-10,12H2,1-2H3. The highest BCUT2D eigenvalue weighted by Gasteiger charge is 2.21. The van der Waals surface area contributed by atoms with Gasteiger partial charge in [0.2, 0.25) is 5.91 Å². The third-order valence-corrected chi connectivity index (χ3v) is 4.48. The maximum absolute atomic E-state index is 12.4. The highest BCUT2D eigenvalue weighted by Crippen LogP contribution is 2.18. The first-order valence-corrected chi connectivity index (χ1v) is 8.69. The molecule has 25 heavy (non-hydrogen) atoms. The van der Waals surface area contributed by atoms with E-state index in [1.807, 2.05) is 36.2 Å². The molecule has 1 atom stereocenters. The third kappa shape index (κ3) is 4.71. The summed E-state index contributed by atoms with van der Waals surface area (Å²) in [5.74, 6) is 1.06. The molecule has 1 saturated heterocycles. The molecule has 1 N–H and O–H groups in total. The maximum atomic E-state index is 12.4. The van der Waals surface area contributed by atoms with Crippen molar-refractivity contribution in [3.63, 3.8) is 0 Å². The second kappa shape index (κ2) is 8.00. The number of nitrogens with one attached hydrogen (secondary N) is 1. The molecule has 1 fully saturated rings. The van der Waals surface area contributed by atoms with Crippen LogP contribution >= 0.6 is 0 Å². The number of hydrogen-bond acceptors (Lipinski definition) is 6. The largest absolute Gasteiger partial charge is 0.381 e. The van der Waals surface area contributed by atoms with E-state index in [0.29, 0.717) is 18.2 Å². The Hall–Kier alpha value is -2.57. The molecule has 134 valence electrons. The summed E-state index contributed by atoms with van der Waals surface area (Å²) in [6.45, 7) is 1.56. The van der Waals surface area contributed by atoms with E-state index in [9.17, 15) is 4.79 Å². The fraction of sp³-hybridized carbons (Fsp3) is 0.500. The first-order valence-electron chi connectivity index (χ1n) is 8.69. The van der Waals surface area contributed by atoms with Gasteiger partial charge in [-0.3, -0.25) is 4.79 Å². The molecule has 1 unspecified atom stereocenters. The number of hydrogen-bond donors (Lipinski definition) is 1. The molecule has 1 aliphatic heterocycles. The SMILES string of the molecule is CN(C)c1ccc(NC2CCCN(C(=O)Cc3ccon3)CC2)cn1. The molecule has 0 aliphatic carbocycles. The first kappa shape index (κ1) is 17.3. The highest BCUT2D eigenvalue weighted by molar-refractivity contribution is 5.78. The van der Waals surface area contributed by atoms with Gasteiger partial charge in [0.1, 0.15) is 12.1 Å². The molecular weight excluding hydrogens is 318 g/mol. The van der Waals surface area contributed by atoms with Gasteiger partial charge in [-0.15, -0.1) is 0 Å². The molecule has 0 aromatic carbocycles. The van der Waals surface area contributed by atoms with Gasteiger partial charge in [0.25, 0.3) is 0 Å². The Balaban J connectivity index is 1.51. The van der Waals surface area contributed by atoms with Crippen LogP contribution in [0, 0.1) is 0 Å². The molecule has 0 spiro atoms. The lowest BCUT2D eigenvalue weighted by molar-refractivity contribution is -0.130. The normalized spacial score (nSPS) is 17.8. The summed E-state index contributed by atoms with van der Waals surface area (Å²) in [6.07, 6.45) is 6.65. The molecule has 7 heteroatoms. The van der Waals surface area contributed by atoms with Crippen LogP contribution in [0.15, 0.2) is 35.2 Å². The van der Waals surface area contributed by atoms with Gasteiger partial charge in [0.15, 0.2) is 0 Å². The van der Waals surface area contributed by atoms with E-state index in [0.717, 1.165) is 43.9 Å². The van der Waals surface area contributed by atoms with Gasteiger partial charge in [-0.1, -0.05) is 5.16 Å². The second-order valence-electron chi connectivity index (χ2n) is 6.62. The minimum Gasteiger partial charge on any atom is -0.381 e. The fourth-order valence-corrected chi connectivity index (χ4v) is 3.06. The second-order valence-corrected chi connectivity index (χ2v) is 6.62. The van der Waals surface area contributed by atoms with Crippen molar-refractivity contribution in [1.29, 1.82) is 0 Å². The van der Waals surface area contributed by atoms with Gasteiger partial charge in [-0.25, -0.2) is 4.98 Å². The van der Waals surface area contributed by atoms with E-state index in [4.69, 9.17) is 4.52 Å². The molecule has 0 radical (unpaired) electrons. The van der Waals surface area contributed by atoms with Gasteiger partial charge in [0, 0.05) is 39.3 Å². The van der Waals surface area contributed by atoms with Crippen LogP contribution in [-0.2, 0) is 11.2 Å². The number of pyridine rings is 1. The zero-order valence-corrected chi connectivity index (χ0v) is 14.8. The van der Waals surface area contributed by atoms with E-state index < -0.39 is 0 Å². The summed E-state index contributed by atoms with van der Waals surface area (Å²) in [4.78, 5) is 20.7. The lowest BCUT2D eigenvalue weighted by atomic mass is 10.1. The maximum Gasteiger partial charge on any atom is 0.228 e. The van der Waals surface area contributed by atoms with E-state index in [1.165, 1.54) is 6.26 Å². The van der Waals surface area contributed by atoms with Gasteiger partial charge < -0.3 is 19.6 Å². The number of likely N-dealkylation sites (tertiary alicyclic amines) is 1. The number of anilines is 2. The van der Waals surface area contributed by atoms with Crippen LogP contribution in [0.3, 0.4) is 0 Å². The molecule has 1 aliphatic rings. The van der Waals surface area contributed by atoms with E-state index in [-0.39, 0.29) is 5.91 Å². The van der Waals surface area contributed by atoms with Crippen molar-refractivity contribution in [2.24, 2.45) is 0 Å². The smallest absolute Gasteiger partial charge is 0.228 e. The number of aromatic nitrogens is 2. The Bertz CT molecular complexity index is 669. The summed E-state index contributed by atoms with van der Waals surface area (Å²) < 4.78 is 4.79. The number of amides is 1. The Morgan fingerprint density at radius 2 is 2.20 bits per heavy atom. The van der Waals surface area contributed by atoms with Crippen LogP contribution in [0.4, 0.5) is 11.5 Å². The third-order valence-electron chi connectivity index (χ3n) is 4.48. The van der Waals surface area contributed by atoms with Crippen molar-refractivity contribution < 1.29 is 9.32 Å². The zero-order valence-electron chi connectivity index (χ0n) is 14.8. The molecule has 7 nitrogen and oxygen atoms in total. The van der Waals surface area contributed by atoms with Crippen LogP contribution < -0.4 is 10.2 Å². The van der Waals surface area contributed by atoms with Crippen molar-refractivity contribution >= 4 is 17.4 Å². The minimum absolute atomic E-state index is 0.117. The lowest BCUT2D eigenvalue weighted by Crippen LogP contribution is -2.33. The number of carbonyl (C=O) groups excluding carboxylic acids is 1. The van der Waals surface area contributed by atoms with E-state index in [2.05, 4.69) is 21.5 Å². The summed E-state index contributed by atoms with van der Waals surface area (Å²) in [5.41, 5.74) is 1.72. The quantitative estimate of drug-likeness (QED) is 0.897. The van der Waals surface area contributed by atoms with Crippen molar-refractivity contribution in [2.75, 3.05) is 37.4 Å². The minimum atomic E-state index is 0.117. The lowest BCUT2D eigenvalue weighted by Gasteiger charge is -2.21. The molecule has 3 heterocycles. The predicted molar refractivity (Wildman–Crippen MR) is 96.6 cm³/mol. The molecular formula is C18H25N5O2. The van der Waals surface area contributed by atoms with E-state index >= 15 is 0 Å². The zero-order chi connectivity index (χ0) is 17.6. The average Bonchev–Trinajstić information content (AvgIpc) is 2.99. The molecule has 2 aromatic heterocycles. The van der Waals surface area contributed by atoms with Crippen LogP contribution in [0.1, 0.15) is 25.0 Å². The van der Waals surface area contributed by atoms with Crippen LogP contribution in [-0.4, -0.2) is 54.2 Å². The number of carbonyl (C=O) groups is 1. The van der Waals surface area contributed by atoms with Gasteiger partial charge in [-0.05, 0) is 31.4 Å². The van der Waals surface area contributed by atoms with Crippen molar-refractivity contribution in [2.45, 2.75) is 31.7 Å². The topological polar surface area (TPSA) is 74.5 Å². The Morgan fingerprint density at radius 3 is 2.88 bits per heavy atom. The van der Waals surface area contributed by atoms with Crippen molar-refractivity contribution in [3.05, 3.63) is 36.4 Å². The summed E-state index contributed by atoms with van der Waals surface area (Å²) in [7, 11) is 3.96. The average molecular weight is 343 g/mol. The number of nitrogens with zero attached hydrogens (tertiary/aromatic N) is 4. The Labute approximate surface area is 148 Å². The fourth-order valence-electron chi connectivity index (χ4n) is 3.06. The summed E-state index contributed by atoms with van der Waals surface area (Å²) in [5, 5.41) is 7.37. The van der Waals surface area contributed by atoms with Gasteiger partial charge >= 0.3 is 0 Å². The van der Waals surface area contributed by atoms with Crippen LogP contribution in [0.25, 0.3) is 0 Å². The molecule has 1 amide bonds.